The maximum Gasteiger partial charge on any atom is 0.219 e. The predicted molar refractivity (Wildman–Crippen MR) is 73.0 cm³/mol. The van der Waals surface area contributed by atoms with Crippen LogP contribution in [0.1, 0.15) is 29.4 Å². The number of hydrogen-bond donors (Lipinski definition) is 1. The molecule has 2 aliphatic rings. The zero-order valence-electron chi connectivity index (χ0n) is 11.7. The predicted octanol–water partition coefficient (Wildman–Crippen LogP) is 1.04. The summed E-state index contributed by atoms with van der Waals surface area (Å²) in [6.45, 7) is 6.02. The van der Waals surface area contributed by atoms with Gasteiger partial charge in [-0.15, -0.1) is 0 Å². The quantitative estimate of drug-likeness (QED) is 0.778. The number of aryl methyl sites for hydroxylation is 2. The Morgan fingerprint density at radius 1 is 1.25 bits per heavy atom. The van der Waals surface area contributed by atoms with Gasteiger partial charge in [0.25, 0.3) is 0 Å². The van der Waals surface area contributed by atoms with E-state index in [0.717, 1.165) is 48.7 Å². The van der Waals surface area contributed by atoms with Crippen LogP contribution in [0.15, 0.2) is 0 Å². The molecule has 0 spiro atoms. The highest BCUT2D eigenvalue weighted by Gasteiger charge is 2.31. The molecular formula is C14H17N5O. The van der Waals surface area contributed by atoms with Crippen molar-refractivity contribution in [2.24, 2.45) is 0 Å². The van der Waals surface area contributed by atoms with Gasteiger partial charge in [-0.3, -0.25) is 14.6 Å². The summed E-state index contributed by atoms with van der Waals surface area (Å²) in [6.07, 6.45) is 1.81. The largest absolute Gasteiger partial charge is 0.338 e. The van der Waals surface area contributed by atoms with Gasteiger partial charge in [-0.25, -0.2) is 0 Å². The maximum atomic E-state index is 11.6. The summed E-state index contributed by atoms with van der Waals surface area (Å²) in [7, 11) is 0. The number of fused-ring (bicyclic) bond motifs is 5. The third kappa shape index (κ3) is 1.47. The smallest absolute Gasteiger partial charge is 0.219 e. The van der Waals surface area contributed by atoms with Crippen molar-refractivity contribution < 1.29 is 4.79 Å². The molecule has 0 aromatic carbocycles. The highest BCUT2D eigenvalue weighted by atomic mass is 16.2. The molecule has 2 aromatic rings. The standard InChI is InChI=1S/C14H17N5O/c1-8-10-3-6-19-14(13(10)16-15-8)11-7-18(9(2)20)5-4-12(11)17-19/h3-7H2,1-2H3,(H,15,16). The van der Waals surface area contributed by atoms with Gasteiger partial charge in [0.2, 0.25) is 5.91 Å². The number of amides is 1. The third-order valence-electron chi connectivity index (χ3n) is 4.42. The fraction of sp³-hybridized carbons (Fsp3) is 0.500. The first-order valence-corrected chi connectivity index (χ1v) is 7.03. The second kappa shape index (κ2) is 3.94. The maximum absolute atomic E-state index is 11.6. The van der Waals surface area contributed by atoms with E-state index < -0.39 is 0 Å². The molecule has 2 aromatic heterocycles. The summed E-state index contributed by atoms with van der Waals surface area (Å²) in [4.78, 5) is 13.5. The average Bonchev–Trinajstić information content (AvgIpc) is 2.98. The molecule has 4 rings (SSSR count). The van der Waals surface area contributed by atoms with Crippen molar-refractivity contribution in [1.82, 2.24) is 24.9 Å². The van der Waals surface area contributed by atoms with E-state index in [4.69, 9.17) is 5.10 Å². The van der Waals surface area contributed by atoms with Crippen molar-refractivity contribution in [1.29, 1.82) is 0 Å². The number of rotatable bonds is 0. The summed E-state index contributed by atoms with van der Waals surface area (Å²) in [6, 6.07) is 0. The van der Waals surface area contributed by atoms with Crippen molar-refractivity contribution in [3.8, 4) is 11.4 Å². The van der Waals surface area contributed by atoms with Crippen LogP contribution >= 0.6 is 0 Å². The van der Waals surface area contributed by atoms with E-state index in [1.54, 1.807) is 6.92 Å². The molecule has 0 atom stereocenters. The van der Waals surface area contributed by atoms with Gasteiger partial charge in [-0.1, -0.05) is 0 Å². The minimum atomic E-state index is 0.129. The van der Waals surface area contributed by atoms with E-state index >= 15 is 0 Å². The first-order valence-electron chi connectivity index (χ1n) is 7.03. The summed E-state index contributed by atoms with van der Waals surface area (Å²) in [5.74, 6) is 0.129. The summed E-state index contributed by atoms with van der Waals surface area (Å²) in [5.41, 5.74) is 6.87. The molecule has 1 N–H and O–H groups in total. The Kier molecular flexibility index (Phi) is 2.31. The normalized spacial score (nSPS) is 16.6. The molecular weight excluding hydrogens is 254 g/mol. The lowest BCUT2D eigenvalue weighted by Crippen LogP contribution is -2.34. The number of carbonyl (C=O) groups excluding carboxylic acids is 1. The molecule has 2 aliphatic heterocycles. The van der Waals surface area contributed by atoms with E-state index in [2.05, 4.69) is 21.8 Å². The lowest BCUT2D eigenvalue weighted by Gasteiger charge is -2.26. The van der Waals surface area contributed by atoms with Gasteiger partial charge in [-0.2, -0.15) is 10.2 Å². The molecule has 0 bridgehead atoms. The van der Waals surface area contributed by atoms with Crippen LogP contribution in [0.2, 0.25) is 0 Å². The molecule has 6 heteroatoms. The Labute approximate surface area is 116 Å². The number of aromatic nitrogens is 4. The van der Waals surface area contributed by atoms with Crippen molar-refractivity contribution in [3.05, 3.63) is 22.5 Å². The fourth-order valence-electron chi connectivity index (χ4n) is 3.29. The van der Waals surface area contributed by atoms with Crippen molar-refractivity contribution in [2.45, 2.75) is 39.8 Å². The Morgan fingerprint density at radius 2 is 2.10 bits per heavy atom. The second-order valence-corrected chi connectivity index (χ2v) is 5.61. The van der Waals surface area contributed by atoms with Crippen LogP contribution in [0.5, 0.6) is 0 Å². The third-order valence-corrected chi connectivity index (χ3v) is 4.42. The molecule has 1 amide bonds. The van der Waals surface area contributed by atoms with Gasteiger partial charge >= 0.3 is 0 Å². The van der Waals surface area contributed by atoms with Gasteiger partial charge in [0, 0.05) is 49.8 Å². The van der Waals surface area contributed by atoms with Crippen LogP contribution in [0.25, 0.3) is 11.4 Å². The molecule has 0 saturated carbocycles. The van der Waals surface area contributed by atoms with Crippen LogP contribution in [-0.2, 0) is 30.7 Å². The molecule has 0 saturated heterocycles. The number of hydrogen-bond acceptors (Lipinski definition) is 3. The minimum Gasteiger partial charge on any atom is -0.338 e. The zero-order chi connectivity index (χ0) is 13.9. The molecule has 0 radical (unpaired) electrons. The molecule has 4 heterocycles. The average molecular weight is 271 g/mol. The number of H-pyrrole nitrogens is 1. The van der Waals surface area contributed by atoms with Gasteiger partial charge in [-0.05, 0) is 13.3 Å². The first kappa shape index (κ1) is 11.7. The molecule has 0 aliphatic carbocycles. The van der Waals surface area contributed by atoms with Crippen LogP contribution in [0.3, 0.4) is 0 Å². The first-order chi connectivity index (χ1) is 9.65. The monoisotopic (exact) mass is 271 g/mol. The molecule has 104 valence electrons. The molecule has 20 heavy (non-hydrogen) atoms. The van der Waals surface area contributed by atoms with Gasteiger partial charge in [0.15, 0.2) is 0 Å². The van der Waals surface area contributed by atoms with Crippen molar-refractivity contribution in [3.63, 3.8) is 0 Å². The van der Waals surface area contributed by atoms with Crippen LogP contribution in [0.4, 0.5) is 0 Å². The van der Waals surface area contributed by atoms with Gasteiger partial charge in [0.1, 0.15) is 5.69 Å². The fourth-order valence-corrected chi connectivity index (χ4v) is 3.29. The second-order valence-electron chi connectivity index (χ2n) is 5.61. The lowest BCUT2D eigenvalue weighted by atomic mass is 9.98. The summed E-state index contributed by atoms with van der Waals surface area (Å²) >= 11 is 0. The van der Waals surface area contributed by atoms with Gasteiger partial charge in [0.05, 0.1) is 11.4 Å². The number of nitrogens with zero attached hydrogens (tertiary/aromatic N) is 4. The Bertz CT molecular complexity index is 711. The van der Waals surface area contributed by atoms with Crippen LogP contribution in [0, 0.1) is 6.92 Å². The Morgan fingerprint density at radius 3 is 2.90 bits per heavy atom. The Hall–Kier alpha value is -2.11. The number of nitrogens with one attached hydrogen (secondary N) is 1. The number of carbonyl (C=O) groups is 1. The van der Waals surface area contributed by atoms with E-state index in [1.165, 1.54) is 11.1 Å². The highest BCUT2D eigenvalue weighted by Crippen LogP contribution is 2.35. The van der Waals surface area contributed by atoms with Crippen molar-refractivity contribution >= 4 is 5.91 Å². The van der Waals surface area contributed by atoms with E-state index in [0.29, 0.717) is 6.54 Å². The minimum absolute atomic E-state index is 0.129. The SMILES string of the molecule is CC(=O)N1CCc2nn3c(c2C1)-c1n[nH]c(C)c1CC3. The molecule has 0 unspecified atom stereocenters. The summed E-state index contributed by atoms with van der Waals surface area (Å²) in [5, 5.41) is 12.3. The highest BCUT2D eigenvalue weighted by molar-refractivity contribution is 5.75. The van der Waals surface area contributed by atoms with E-state index in [9.17, 15) is 4.79 Å². The number of aromatic amines is 1. The van der Waals surface area contributed by atoms with E-state index in [1.807, 2.05) is 4.90 Å². The van der Waals surface area contributed by atoms with Crippen molar-refractivity contribution in [2.75, 3.05) is 6.54 Å². The van der Waals surface area contributed by atoms with Gasteiger partial charge < -0.3 is 4.90 Å². The lowest BCUT2D eigenvalue weighted by molar-refractivity contribution is -0.129. The molecule has 0 fully saturated rings. The topological polar surface area (TPSA) is 66.8 Å². The summed E-state index contributed by atoms with van der Waals surface area (Å²) < 4.78 is 2.07. The molecule has 6 nitrogen and oxygen atoms in total. The zero-order valence-corrected chi connectivity index (χ0v) is 11.7. The van der Waals surface area contributed by atoms with E-state index in [-0.39, 0.29) is 5.91 Å². The Balaban J connectivity index is 1.87. The van der Waals surface area contributed by atoms with Crippen LogP contribution in [-0.4, -0.2) is 37.3 Å². The van der Waals surface area contributed by atoms with Crippen LogP contribution < -0.4 is 0 Å².